The standard InChI is InChI=1S/C15H14F3N3O/c16-15(17,18)12-3-1-2-11-10(12)4-5-20-13(11)14(22)21-8-6-19-7-9-21/h1-5,19H,6-9H2. The van der Waals surface area contributed by atoms with Crippen molar-refractivity contribution in [2.45, 2.75) is 6.18 Å². The number of carbonyl (C=O) groups is 1. The number of aromatic nitrogens is 1. The molecule has 0 spiro atoms. The number of nitrogens with zero attached hydrogens (tertiary/aromatic N) is 2. The Morgan fingerprint density at radius 2 is 1.86 bits per heavy atom. The summed E-state index contributed by atoms with van der Waals surface area (Å²) in [7, 11) is 0. The molecular weight excluding hydrogens is 295 g/mol. The lowest BCUT2D eigenvalue weighted by Gasteiger charge is -2.27. The smallest absolute Gasteiger partial charge is 0.335 e. The van der Waals surface area contributed by atoms with E-state index in [2.05, 4.69) is 10.3 Å². The van der Waals surface area contributed by atoms with Crippen molar-refractivity contribution in [3.05, 3.63) is 41.7 Å². The van der Waals surface area contributed by atoms with Gasteiger partial charge in [-0.15, -0.1) is 0 Å². The van der Waals surface area contributed by atoms with Crippen LogP contribution in [0, 0.1) is 0 Å². The maximum Gasteiger partial charge on any atom is 0.417 e. The monoisotopic (exact) mass is 309 g/mol. The van der Waals surface area contributed by atoms with Crippen LogP contribution >= 0.6 is 0 Å². The molecule has 2 heterocycles. The number of amides is 1. The summed E-state index contributed by atoms with van der Waals surface area (Å²) < 4.78 is 39.2. The van der Waals surface area contributed by atoms with E-state index in [4.69, 9.17) is 0 Å². The highest BCUT2D eigenvalue weighted by atomic mass is 19.4. The van der Waals surface area contributed by atoms with Gasteiger partial charge in [0.2, 0.25) is 0 Å². The lowest BCUT2D eigenvalue weighted by atomic mass is 10.0. The molecular formula is C15H14F3N3O. The largest absolute Gasteiger partial charge is 0.417 e. The number of piperazine rings is 1. The van der Waals surface area contributed by atoms with E-state index in [-0.39, 0.29) is 22.4 Å². The predicted molar refractivity (Wildman–Crippen MR) is 75.5 cm³/mol. The molecule has 0 unspecified atom stereocenters. The third kappa shape index (κ3) is 2.64. The molecule has 0 bridgehead atoms. The van der Waals surface area contributed by atoms with Crippen LogP contribution in [0.3, 0.4) is 0 Å². The lowest BCUT2D eigenvalue weighted by Crippen LogP contribution is -2.46. The van der Waals surface area contributed by atoms with E-state index >= 15 is 0 Å². The first kappa shape index (κ1) is 14.8. The number of fused-ring (bicyclic) bond motifs is 1. The zero-order valence-electron chi connectivity index (χ0n) is 11.7. The van der Waals surface area contributed by atoms with E-state index in [0.29, 0.717) is 26.2 Å². The maximum atomic E-state index is 13.1. The second-order valence-electron chi connectivity index (χ2n) is 5.10. The molecule has 7 heteroatoms. The second kappa shape index (κ2) is 5.57. The van der Waals surface area contributed by atoms with Gasteiger partial charge >= 0.3 is 6.18 Å². The predicted octanol–water partition coefficient (Wildman–Crippen LogP) is 2.30. The van der Waals surface area contributed by atoms with Gasteiger partial charge in [-0.25, -0.2) is 0 Å². The van der Waals surface area contributed by atoms with Crippen LogP contribution in [0.15, 0.2) is 30.5 Å². The molecule has 0 aliphatic carbocycles. The molecule has 22 heavy (non-hydrogen) atoms. The van der Waals surface area contributed by atoms with Gasteiger partial charge in [0.25, 0.3) is 5.91 Å². The van der Waals surface area contributed by atoms with E-state index in [9.17, 15) is 18.0 Å². The van der Waals surface area contributed by atoms with Crippen LogP contribution in [-0.4, -0.2) is 42.0 Å². The summed E-state index contributed by atoms with van der Waals surface area (Å²) >= 11 is 0. The Bertz CT molecular complexity index is 709. The molecule has 0 saturated carbocycles. The molecule has 4 nitrogen and oxygen atoms in total. The van der Waals surface area contributed by atoms with Crippen LogP contribution in [0.1, 0.15) is 16.1 Å². The topological polar surface area (TPSA) is 45.2 Å². The number of hydrogen-bond acceptors (Lipinski definition) is 3. The van der Waals surface area contributed by atoms with Gasteiger partial charge in [0.15, 0.2) is 0 Å². The molecule has 116 valence electrons. The number of halogens is 3. The summed E-state index contributed by atoms with van der Waals surface area (Å²) in [6, 6.07) is 5.13. The fourth-order valence-corrected chi connectivity index (χ4v) is 2.64. The van der Waals surface area contributed by atoms with Gasteiger partial charge in [-0.2, -0.15) is 13.2 Å². The first-order valence-electron chi connectivity index (χ1n) is 6.93. The van der Waals surface area contributed by atoms with E-state index in [1.807, 2.05) is 0 Å². The van der Waals surface area contributed by atoms with E-state index in [0.717, 1.165) is 6.07 Å². The number of hydrogen-bond donors (Lipinski definition) is 1. The van der Waals surface area contributed by atoms with Crippen LogP contribution in [0.2, 0.25) is 0 Å². The Morgan fingerprint density at radius 3 is 2.55 bits per heavy atom. The number of carbonyl (C=O) groups excluding carboxylic acids is 1. The van der Waals surface area contributed by atoms with Gasteiger partial charge in [0.05, 0.1) is 5.56 Å². The van der Waals surface area contributed by atoms with Gasteiger partial charge in [-0.1, -0.05) is 12.1 Å². The minimum atomic E-state index is -4.46. The van der Waals surface area contributed by atoms with E-state index in [1.165, 1.54) is 24.4 Å². The highest BCUT2D eigenvalue weighted by Gasteiger charge is 2.33. The molecule has 1 aromatic carbocycles. The van der Waals surface area contributed by atoms with E-state index < -0.39 is 11.7 Å². The van der Waals surface area contributed by atoms with Crippen molar-refractivity contribution < 1.29 is 18.0 Å². The van der Waals surface area contributed by atoms with Crippen molar-refractivity contribution in [3.8, 4) is 0 Å². The molecule has 0 radical (unpaired) electrons. The number of alkyl halides is 3. The summed E-state index contributed by atoms with van der Waals surface area (Å²) in [6.45, 7) is 2.39. The van der Waals surface area contributed by atoms with Gasteiger partial charge in [-0.3, -0.25) is 9.78 Å². The first-order chi connectivity index (χ1) is 10.5. The van der Waals surface area contributed by atoms with E-state index in [1.54, 1.807) is 4.90 Å². The normalized spacial score (nSPS) is 16.0. The fourth-order valence-electron chi connectivity index (χ4n) is 2.64. The molecule has 1 aromatic heterocycles. The SMILES string of the molecule is O=C(c1nccc2c(C(F)(F)F)cccc12)N1CCNCC1. The fraction of sp³-hybridized carbons (Fsp3) is 0.333. The molecule has 2 aromatic rings. The van der Waals surface area contributed by atoms with Gasteiger partial charge in [-0.05, 0) is 17.5 Å². The molecule has 1 saturated heterocycles. The summed E-state index contributed by atoms with van der Waals surface area (Å²) in [6.07, 6.45) is -3.21. The molecule has 1 N–H and O–H groups in total. The summed E-state index contributed by atoms with van der Waals surface area (Å²) in [5, 5.41) is 3.36. The Kier molecular flexibility index (Phi) is 3.74. The third-order valence-electron chi connectivity index (χ3n) is 3.72. The van der Waals surface area contributed by atoms with Crippen molar-refractivity contribution in [2.24, 2.45) is 0 Å². The molecule has 0 atom stereocenters. The van der Waals surface area contributed by atoms with Crippen molar-refractivity contribution in [2.75, 3.05) is 26.2 Å². The Morgan fingerprint density at radius 1 is 1.14 bits per heavy atom. The molecule has 1 amide bonds. The molecule has 1 fully saturated rings. The zero-order chi connectivity index (χ0) is 15.7. The zero-order valence-corrected chi connectivity index (χ0v) is 11.7. The summed E-state index contributed by atoms with van der Waals surface area (Å²) in [4.78, 5) is 18.2. The van der Waals surface area contributed by atoms with Crippen LogP contribution in [0.4, 0.5) is 13.2 Å². The quantitative estimate of drug-likeness (QED) is 0.879. The highest BCUT2D eigenvalue weighted by Crippen LogP contribution is 2.35. The number of benzene rings is 1. The van der Waals surface area contributed by atoms with Crippen molar-refractivity contribution >= 4 is 16.7 Å². The highest BCUT2D eigenvalue weighted by molar-refractivity contribution is 6.06. The average molecular weight is 309 g/mol. The minimum Gasteiger partial charge on any atom is -0.335 e. The van der Waals surface area contributed by atoms with Crippen LogP contribution in [0.5, 0.6) is 0 Å². The molecule has 3 rings (SSSR count). The van der Waals surface area contributed by atoms with Gasteiger partial charge < -0.3 is 10.2 Å². The van der Waals surface area contributed by atoms with Crippen molar-refractivity contribution in [3.63, 3.8) is 0 Å². The average Bonchev–Trinajstić information content (AvgIpc) is 2.53. The summed E-state index contributed by atoms with van der Waals surface area (Å²) in [5.41, 5.74) is -0.674. The second-order valence-corrected chi connectivity index (χ2v) is 5.10. The Labute approximate surface area is 124 Å². The van der Waals surface area contributed by atoms with Crippen molar-refractivity contribution in [1.82, 2.24) is 15.2 Å². The van der Waals surface area contributed by atoms with Crippen LogP contribution in [0.25, 0.3) is 10.8 Å². The lowest BCUT2D eigenvalue weighted by molar-refractivity contribution is -0.136. The number of pyridine rings is 1. The minimum absolute atomic E-state index is 0.00323. The third-order valence-corrected chi connectivity index (χ3v) is 3.72. The Balaban J connectivity index is 2.09. The maximum absolute atomic E-state index is 13.1. The first-order valence-corrected chi connectivity index (χ1v) is 6.93. The van der Waals surface area contributed by atoms with Crippen LogP contribution < -0.4 is 5.32 Å². The van der Waals surface area contributed by atoms with Gasteiger partial charge in [0.1, 0.15) is 5.69 Å². The van der Waals surface area contributed by atoms with Crippen molar-refractivity contribution in [1.29, 1.82) is 0 Å². The summed E-state index contributed by atoms with van der Waals surface area (Å²) in [5.74, 6) is -0.327. The molecule has 1 aliphatic heterocycles. The Hall–Kier alpha value is -2.15. The number of nitrogens with one attached hydrogen (secondary N) is 1. The van der Waals surface area contributed by atoms with Gasteiger partial charge in [0, 0.05) is 37.8 Å². The van der Waals surface area contributed by atoms with Crippen LogP contribution in [-0.2, 0) is 6.18 Å². The number of rotatable bonds is 1. The molecule has 1 aliphatic rings.